The first kappa shape index (κ1) is 17.2. The molecule has 1 atom stereocenters. The van der Waals surface area contributed by atoms with Crippen LogP contribution in [0.25, 0.3) is 0 Å². The molecule has 0 aromatic carbocycles. The van der Waals surface area contributed by atoms with E-state index in [0.717, 1.165) is 19.6 Å². The Labute approximate surface area is 122 Å². The minimum absolute atomic E-state index is 0.0100. The van der Waals surface area contributed by atoms with Crippen LogP contribution in [0.3, 0.4) is 0 Å². The van der Waals surface area contributed by atoms with Gasteiger partial charge in [-0.1, -0.05) is 0 Å². The van der Waals surface area contributed by atoms with Crippen molar-refractivity contribution in [3.8, 4) is 0 Å². The summed E-state index contributed by atoms with van der Waals surface area (Å²) in [5.74, 6) is 0. The van der Waals surface area contributed by atoms with E-state index in [0.29, 0.717) is 19.0 Å². The second kappa shape index (κ2) is 9.15. The van der Waals surface area contributed by atoms with E-state index in [2.05, 4.69) is 34.5 Å². The summed E-state index contributed by atoms with van der Waals surface area (Å²) in [7, 11) is 4.28. The van der Waals surface area contributed by atoms with Gasteiger partial charge in [0.2, 0.25) is 0 Å². The van der Waals surface area contributed by atoms with Crippen LogP contribution in [0.2, 0.25) is 0 Å². The minimum atomic E-state index is -0.144. The molecule has 1 rings (SSSR count). The van der Waals surface area contributed by atoms with Crippen LogP contribution in [-0.2, 0) is 0 Å². The van der Waals surface area contributed by atoms with Gasteiger partial charge < -0.3 is 25.5 Å². The lowest BCUT2D eigenvalue weighted by atomic mass is 10.0. The van der Waals surface area contributed by atoms with Gasteiger partial charge in [-0.25, -0.2) is 4.79 Å². The van der Waals surface area contributed by atoms with Gasteiger partial charge in [-0.05, 0) is 53.4 Å². The first-order chi connectivity index (χ1) is 9.52. The third-order valence-electron chi connectivity index (χ3n) is 3.94. The molecular formula is C14H30N4O2. The van der Waals surface area contributed by atoms with E-state index < -0.39 is 0 Å². The Morgan fingerprint density at radius 3 is 2.60 bits per heavy atom. The topological polar surface area (TPSA) is 67.8 Å². The average molecular weight is 286 g/mol. The highest BCUT2D eigenvalue weighted by Crippen LogP contribution is 2.13. The molecular weight excluding hydrogens is 256 g/mol. The molecule has 20 heavy (non-hydrogen) atoms. The van der Waals surface area contributed by atoms with Crippen molar-refractivity contribution in [3.05, 3.63) is 0 Å². The fourth-order valence-corrected chi connectivity index (χ4v) is 2.53. The maximum Gasteiger partial charge on any atom is 0.315 e. The molecule has 6 nitrogen and oxygen atoms in total. The van der Waals surface area contributed by atoms with Crippen LogP contribution in [0.15, 0.2) is 0 Å². The van der Waals surface area contributed by atoms with Crippen molar-refractivity contribution in [2.24, 2.45) is 0 Å². The lowest BCUT2D eigenvalue weighted by Gasteiger charge is -2.35. The molecule has 0 aromatic heterocycles. The maximum absolute atomic E-state index is 11.6. The molecule has 0 saturated carbocycles. The molecule has 3 N–H and O–H groups in total. The zero-order valence-electron chi connectivity index (χ0n) is 13.1. The summed E-state index contributed by atoms with van der Waals surface area (Å²) in [6.07, 6.45) is 2.99. The monoisotopic (exact) mass is 286 g/mol. The summed E-state index contributed by atoms with van der Waals surface area (Å²) < 4.78 is 0. The Morgan fingerprint density at radius 2 is 2.05 bits per heavy atom. The van der Waals surface area contributed by atoms with E-state index in [1.54, 1.807) is 0 Å². The van der Waals surface area contributed by atoms with Crippen molar-refractivity contribution in [1.29, 1.82) is 0 Å². The third kappa shape index (κ3) is 6.54. The second-order valence-electron chi connectivity index (χ2n) is 5.85. The molecule has 2 amide bonds. The molecule has 1 heterocycles. The molecule has 6 heteroatoms. The third-order valence-corrected chi connectivity index (χ3v) is 3.94. The number of rotatable bonds is 7. The van der Waals surface area contributed by atoms with E-state index >= 15 is 0 Å². The van der Waals surface area contributed by atoms with E-state index in [4.69, 9.17) is 5.11 Å². The van der Waals surface area contributed by atoms with E-state index in [1.165, 1.54) is 12.8 Å². The Hall–Kier alpha value is -0.850. The number of hydrogen-bond donors (Lipinski definition) is 3. The zero-order valence-corrected chi connectivity index (χ0v) is 13.1. The summed E-state index contributed by atoms with van der Waals surface area (Å²) in [5.41, 5.74) is 0. The lowest BCUT2D eigenvalue weighted by molar-refractivity contribution is 0.145. The van der Waals surface area contributed by atoms with Crippen molar-refractivity contribution in [2.45, 2.75) is 38.3 Å². The predicted octanol–water partition coefficient (Wildman–Crippen LogP) is 0.0825. The molecule has 1 aliphatic rings. The van der Waals surface area contributed by atoms with Gasteiger partial charge in [0.15, 0.2) is 0 Å². The van der Waals surface area contributed by atoms with Gasteiger partial charge in [0.1, 0.15) is 0 Å². The summed E-state index contributed by atoms with van der Waals surface area (Å²) >= 11 is 0. The molecule has 0 radical (unpaired) electrons. The molecule has 118 valence electrons. The number of carbonyl (C=O) groups excluding carboxylic acids is 1. The van der Waals surface area contributed by atoms with Crippen LogP contribution < -0.4 is 10.6 Å². The standard InChI is InChI=1S/C14H30N4O2/c1-12(6-11-19)16-14(20)15-7-10-18-8-4-13(5-9-18)17(2)3/h12-13,19H,4-11H2,1-3H3,(H2,15,16,20)/t12-/m1/s1. The van der Waals surface area contributed by atoms with E-state index in [1.807, 2.05) is 6.92 Å². The van der Waals surface area contributed by atoms with Gasteiger partial charge in [-0.2, -0.15) is 0 Å². The zero-order chi connectivity index (χ0) is 15.0. The van der Waals surface area contributed by atoms with Crippen LogP contribution >= 0.6 is 0 Å². The molecule has 0 aromatic rings. The number of aliphatic hydroxyl groups excluding tert-OH is 1. The van der Waals surface area contributed by atoms with E-state index in [9.17, 15) is 4.79 Å². The van der Waals surface area contributed by atoms with Crippen molar-refractivity contribution in [2.75, 3.05) is 46.9 Å². The number of piperidine rings is 1. The first-order valence-corrected chi connectivity index (χ1v) is 7.57. The van der Waals surface area contributed by atoms with Crippen molar-refractivity contribution >= 4 is 6.03 Å². The van der Waals surface area contributed by atoms with E-state index in [-0.39, 0.29) is 18.7 Å². The highest BCUT2D eigenvalue weighted by atomic mass is 16.3. The number of urea groups is 1. The second-order valence-corrected chi connectivity index (χ2v) is 5.85. The highest BCUT2D eigenvalue weighted by molar-refractivity contribution is 5.74. The molecule has 1 fully saturated rings. The molecule has 0 unspecified atom stereocenters. The molecule has 1 saturated heterocycles. The summed E-state index contributed by atoms with van der Waals surface area (Å²) in [6, 6.07) is 0.562. The number of nitrogens with one attached hydrogen (secondary N) is 2. The van der Waals surface area contributed by atoms with Gasteiger partial charge in [0, 0.05) is 31.8 Å². The van der Waals surface area contributed by atoms with Gasteiger partial charge in [-0.3, -0.25) is 0 Å². The van der Waals surface area contributed by atoms with Crippen molar-refractivity contribution in [3.63, 3.8) is 0 Å². The molecule has 1 aliphatic heterocycles. The van der Waals surface area contributed by atoms with Gasteiger partial charge in [0.25, 0.3) is 0 Å². The Kier molecular flexibility index (Phi) is 7.87. The number of carbonyl (C=O) groups is 1. The fourth-order valence-electron chi connectivity index (χ4n) is 2.53. The Morgan fingerprint density at radius 1 is 1.40 bits per heavy atom. The lowest BCUT2D eigenvalue weighted by Crippen LogP contribution is -2.46. The van der Waals surface area contributed by atoms with Crippen LogP contribution in [0, 0.1) is 0 Å². The number of nitrogens with zero attached hydrogens (tertiary/aromatic N) is 2. The van der Waals surface area contributed by atoms with Crippen LogP contribution in [0.4, 0.5) is 4.79 Å². The largest absolute Gasteiger partial charge is 0.396 e. The minimum Gasteiger partial charge on any atom is -0.396 e. The van der Waals surface area contributed by atoms with Crippen molar-refractivity contribution in [1.82, 2.24) is 20.4 Å². The van der Waals surface area contributed by atoms with Crippen LogP contribution in [0.1, 0.15) is 26.2 Å². The maximum atomic E-state index is 11.6. The normalized spacial score (nSPS) is 19.1. The highest BCUT2D eigenvalue weighted by Gasteiger charge is 2.20. The fraction of sp³-hybridized carbons (Fsp3) is 0.929. The average Bonchev–Trinajstić information content (AvgIpc) is 2.39. The molecule has 0 spiro atoms. The summed E-state index contributed by atoms with van der Waals surface area (Å²) in [4.78, 5) is 16.3. The molecule has 0 bridgehead atoms. The predicted molar refractivity (Wildman–Crippen MR) is 80.8 cm³/mol. The smallest absolute Gasteiger partial charge is 0.315 e. The van der Waals surface area contributed by atoms with Gasteiger partial charge in [0.05, 0.1) is 0 Å². The quantitative estimate of drug-likeness (QED) is 0.620. The Balaban J connectivity index is 2.08. The van der Waals surface area contributed by atoms with Crippen LogP contribution in [-0.4, -0.2) is 79.9 Å². The number of amides is 2. The SMILES string of the molecule is C[C@H](CCO)NC(=O)NCCN1CCC(N(C)C)CC1. The summed E-state index contributed by atoms with van der Waals surface area (Å²) in [6.45, 7) is 5.77. The number of likely N-dealkylation sites (tertiary alicyclic amines) is 1. The molecule has 0 aliphatic carbocycles. The first-order valence-electron chi connectivity index (χ1n) is 7.57. The number of hydrogen-bond acceptors (Lipinski definition) is 4. The summed E-state index contributed by atoms with van der Waals surface area (Å²) in [5, 5.41) is 14.4. The van der Waals surface area contributed by atoms with Crippen molar-refractivity contribution < 1.29 is 9.90 Å². The van der Waals surface area contributed by atoms with Gasteiger partial charge >= 0.3 is 6.03 Å². The van der Waals surface area contributed by atoms with Crippen LogP contribution in [0.5, 0.6) is 0 Å². The van der Waals surface area contributed by atoms with Gasteiger partial charge in [-0.15, -0.1) is 0 Å². The Bertz CT molecular complexity index is 278. The number of aliphatic hydroxyl groups is 1.